The highest BCUT2D eigenvalue weighted by molar-refractivity contribution is 5.87. The number of oxazole rings is 1. The molecule has 6 heteroatoms. The number of hydrogen-bond donors (Lipinski definition) is 1. The number of benzene rings is 1. The van der Waals surface area contributed by atoms with Gasteiger partial charge in [-0.05, 0) is 38.3 Å². The van der Waals surface area contributed by atoms with Gasteiger partial charge in [-0.2, -0.15) is 0 Å². The Kier molecular flexibility index (Phi) is 3.76. The average molecular weight is 328 g/mol. The molecular formula is C18H20N2O4. The summed E-state index contributed by atoms with van der Waals surface area (Å²) in [5.74, 6) is 0.173. The minimum absolute atomic E-state index is 0.175. The van der Waals surface area contributed by atoms with Crippen LogP contribution in [0.25, 0.3) is 0 Å². The number of fused-ring (bicyclic) bond motifs is 5. The van der Waals surface area contributed by atoms with Crippen molar-refractivity contribution in [1.29, 1.82) is 0 Å². The van der Waals surface area contributed by atoms with Gasteiger partial charge in [-0.15, -0.1) is 0 Å². The van der Waals surface area contributed by atoms with E-state index >= 15 is 0 Å². The van der Waals surface area contributed by atoms with Crippen molar-refractivity contribution in [2.45, 2.75) is 45.4 Å². The van der Waals surface area contributed by atoms with Gasteiger partial charge in [-0.3, -0.25) is 0 Å². The third kappa shape index (κ3) is 2.47. The van der Waals surface area contributed by atoms with E-state index in [1.54, 1.807) is 13.8 Å². The number of nitrogens with zero attached hydrogens (tertiary/aromatic N) is 1. The molecule has 6 nitrogen and oxygen atoms in total. The zero-order valence-electron chi connectivity index (χ0n) is 13.8. The first-order valence-corrected chi connectivity index (χ1v) is 8.33. The Balaban J connectivity index is 1.51. The van der Waals surface area contributed by atoms with Crippen molar-refractivity contribution in [2.75, 3.05) is 11.9 Å². The Morgan fingerprint density at radius 3 is 3.04 bits per heavy atom. The number of aromatic nitrogens is 1. The minimum Gasteiger partial charge on any atom is -0.460 e. The molecule has 126 valence electrons. The summed E-state index contributed by atoms with van der Waals surface area (Å²) in [4.78, 5) is 16.1. The Morgan fingerprint density at radius 2 is 2.21 bits per heavy atom. The molecule has 0 amide bonds. The molecule has 1 aromatic heterocycles. The molecule has 2 unspecified atom stereocenters. The number of carbonyl (C=O) groups is 1. The Morgan fingerprint density at radius 1 is 1.38 bits per heavy atom. The first-order valence-electron chi connectivity index (χ1n) is 8.33. The summed E-state index contributed by atoms with van der Waals surface area (Å²) in [6.45, 7) is 4.23. The summed E-state index contributed by atoms with van der Waals surface area (Å²) in [6, 6.07) is 6.22. The number of hydrogen-bond acceptors (Lipinski definition) is 6. The van der Waals surface area contributed by atoms with Crippen LogP contribution >= 0.6 is 0 Å². The van der Waals surface area contributed by atoms with E-state index in [2.05, 4.69) is 16.4 Å². The predicted octanol–water partition coefficient (Wildman–Crippen LogP) is 3.68. The summed E-state index contributed by atoms with van der Waals surface area (Å²) in [5.41, 5.74) is 4.13. The van der Waals surface area contributed by atoms with Gasteiger partial charge in [0.1, 0.15) is 0 Å². The lowest BCUT2D eigenvalue weighted by Gasteiger charge is -2.16. The lowest BCUT2D eigenvalue weighted by atomic mass is 9.90. The smallest absolute Gasteiger partial charge is 0.376 e. The highest BCUT2D eigenvalue weighted by Crippen LogP contribution is 2.52. The summed E-state index contributed by atoms with van der Waals surface area (Å²) < 4.78 is 16.5. The number of aryl methyl sites for hydroxylation is 1. The first kappa shape index (κ1) is 15.2. The van der Waals surface area contributed by atoms with Crippen LogP contribution in [0.3, 0.4) is 0 Å². The molecule has 4 rings (SSSR count). The molecule has 1 aromatic carbocycles. The molecule has 2 aliphatic rings. The van der Waals surface area contributed by atoms with E-state index < -0.39 is 5.97 Å². The van der Waals surface area contributed by atoms with Gasteiger partial charge < -0.3 is 19.2 Å². The molecule has 1 fully saturated rings. The second-order valence-electron chi connectivity index (χ2n) is 6.10. The third-order valence-corrected chi connectivity index (χ3v) is 4.56. The molecule has 24 heavy (non-hydrogen) atoms. The highest BCUT2D eigenvalue weighted by atomic mass is 16.5. The van der Waals surface area contributed by atoms with Crippen molar-refractivity contribution >= 4 is 11.7 Å². The van der Waals surface area contributed by atoms with Crippen LogP contribution in [0.1, 0.15) is 65.2 Å². The molecule has 3 heterocycles. The second-order valence-corrected chi connectivity index (χ2v) is 6.10. The summed E-state index contributed by atoms with van der Waals surface area (Å²) in [7, 11) is 0. The van der Waals surface area contributed by atoms with Gasteiger partial charge in [0.25, 0.3) is 0 Å². The Hall–Kier alpha value is -2.34. The topological polar surface area (TPSA) is 73.6 Å². The van der Waals surface area contributed by atoms with Crippen molar-refractivity contribution in [3.05, 3.63) is 46.7 Å². The van der Waals surface area contributed by atoms with Crippen molar-refractivity contribution in [2.24, 2.45) is 0 Å². The number of anilines is 1. The number of ether oxygens (including phenoxy) is 2. The van der Waals surface area contributed by atoms with Crippen molar-refractivity contribution in [3.8, 4) is 0 Å². The maximum Gasteiger partial charge on any atom is 0.376 e. The fourth-order valence-corrected chi connectivity index (χ4v) is 3.54. The van der Waals surface area contributed by atoms with Crippen molar-refractivity contribution in [3.63, 3.8) is 0 Å². The molecule has 0 saturated carbocycles. The van der Waals surface area contributed by atoms with E-state index in [4.69, 9.17) is 13.9 Å². The number of esters is 1. The van der Waals surface area contributed by atoms with E-state index in [1.165, 1.54) is 11.1 Å². The molecule has 2 atom stereocenters. The molecule has 1 saturated heterocycles. The molecule has 2 aromatic rings. The maximum atomic E-state index is 11.8. The summed E-state index contributed by atoms with van der Waals surface area (Å²) in [5, 5.41) is 3.37. The van der Waals surface area contributed by atoms with Crippen molar-refractivity contribution in [1.82, 2.24) is 4.98 Å². The zero-order valence-corrected chi connectivity index (χ0v) is 13.8. The number of carbonyl (C=O) groups excluding carboxylic acids is 1. The van der Waals surface area contributed by atoms with Crippen LogP contribution in [0.15, 0.2) is 22.6 Å². The van der Waals surface area contributed by atoms with Crippen molar-refractivity contribution < 1.29 is 18.7 Å². The van der Waals surface area contributed by atoms with E-state index in [0.717, 1.165) is 18.5 Å². The van der Waals surface area contributed by atoms with Gasteiger partial charge in [0.05, 0.1) is 31.1 Å². The lowest BCUT2D eigenvalue weighted by Crippen LogP contribution is -2.06. The van der Waals surface area contributed by atoms with E-state index in [-0.39, 0.29) is 18.0 Å². The van der Waals surface area contributed by atoms with Crippen LogP contribution in [-0.2, 0) is 16.0 Å². The lowest BCUT2D eigenvalue weighted by molar-refractivity contribution is 0.0487. The average Bonchev–Trinajstić information content (AvgIpc) is 3.28. The van der Waals surface area contributed by atoms with Gasteiger partial charge in [-0.1, -0.05) is 12.1 Å². The van der Waals surface area contributed by atoms with Gasteiger partial charge in [0.2, 0.25) is 11.7 Å². The third-order valence-electron chi connectivity index (χ3n) is 4.56. The van der Waals surface area contributed by atoms with Crippen LogP contribution < -0.4 is 5.32 Å². The summed E-state index contributed by atoms with van der Waals surface area (Å²) >= 11 is 0. The first-order chi connectivity index (χ1) is 11.7. The van der Waals surface area contributed by atoms with E-state index in [0.29, 0.717) is 24.7 Å². The summed E-state index contributed by atoms with van der Waals surface area (Å²) in [6.07, 6.45) is 2.60. The normalized spacial score (nSPS) is 20.9. The highest BCUT2D eigenvalue weighted by Gasteiger charge is 2.39. The number of nitrogens with one attached hydrogen (secondary N) is 1. The molecule has 2 bridgehead atoms. The molecule has 0 radical (unpaired) electrons. The monoisotopic (exact) mass is 328 g/mol. The SMILES string of the molecule is CCOC(=O)c1oc(CNc2cccc3c2C2CCC3O2)nc1C. The van der Waals surface area contributed by atoms with Crippen LogP contribution in [0.2, 0.25) is 0 Å². The fourth-order valence-electron chi connectivity index (χ4n) is 3.54. The van der Waals surface area contributed by atoms with Crippen LogP contribution in [-0.4, -0.2) is 17.6 Å². The van der Waals surface area contributed by atoms with E-state index in [1.807, 2.05) is 12.1 Å². The quantitative estimate of drug-likeness (QED) is 0.844. The zero-order chi connectivity index (χ0) is 16.7. The largest absolute Gasteiger partial charge is 0.460 e. The molecule has 2 aliphatic heterocycles. The Bertz CT molecular complexity index is 783. The number of rotatable bonds is 5. The standard InChI is InChI=1S/C18H20N2O4/c1-3-22-18(21)17-10(2)20-15(24-17)9-19-12-6-4-5-11-13-7-8-14(23-13)16(11)12/h4-6,13-14,19H,3,7-9H2,1-2H3. The van der Waals surface area contributed by atoms with Gasteiger partial charge in [0.15, 0.2) is 0 Å². The second kappa shape index (κ2) is 5.94. The molecule has 1 N–H and O–H groups in total. The van der Waals surface area contributed by atoms with Gasteiger partial charge in [0, 0.05) is 11.3 Å². The van der Waals surface area contributed by atoms with Crippen LogP contribution in [0.4, 0.5) is 5.69 Å². The van der Waals surface area contributed by atoms with Crippen LogP contribution in [0, 0.1) is 6.92 Å². The molecular weight excluding hydrogens is 308 g/mol. The fraction of sp³-hybridized carbons (Fsp3) is 0.444. The van der Waals surface area contributed by atoms with Gasteiger partial charge in [-0.25, -0.2) is 9.78 Å². The minimum atomic E-state index is -0.472. The molecule has 0 spiro atoms. The molecule has 0 aliphatic carbocycles. The predicted molar refractivity (Wildman–Crippen MR) is 86.8 cm³/mol. The van der Waals surface area contributed by atoms with Crippen LogP contribution in [0.5, 0.6) is 0 Å². The Labute approximate surface area is 140 Å². The maximum absolute atomic E-state index is 11.8. The van der Waals surface area contributed by atoms with Gasteiger partial charge >= 0.3 is 5.97 Å². The van der Waals surface area contributed by atoms with E-state index in [9.17, 15) is 4.79 Å².